The normalized spacial score (nSPS) is 28.4. The Morgan fingerprint density at radius 2 is 2.00 bits per heavy atom. The summed E-state index contributed by atoms with van der Waals surface area (Å²) in [5.41, 5.74) is 6.26. The van der Waals surface area contributed by atoms with Gasteiger partial charge in [-0.15, -0.1) is 0 Å². The second kappa shape index (κ2) is 6.00. The summed E-state index contributed by atoms with van der Waals surface area (Å²) in [7, 11) is -3.24. The number of hydrogen-bond acceptors (Lipinski definition) is 3. The van der Waals surface area contributed by atoms with Crippen molar-refractivity contribution < 1.29 is 25.5 Å². The molecule has 1 aromatic rings. The van der Waals surface area contributed by atoms with Gasteiger partial charge in [-0.05, 0) is 0 Å². The first kappa shape index (κ1) is 15.1. The molecule has 19 heavy (non-hydrogen) atoms. The van der Waals surface area contributed by atoms with E-state index in [0.29, 0.717) is 0 Å². The van der Waals surface area contributed by atoms with E-state index in [1.807, 2.05) is 18.2 Å². The zero-order chi connectivity index (χ0) is 13.9. The molecule has 1 aromatic carbocycles. The van der Waals surface area contributed by atoms with E-state index in [-0.39, 0.29) is 23.2 Å². The van der Waals surface area contributed by atoms with Crippen LogP contribution in [0.5, 0.6) is 0 Å². The van der Waals surface area contributed by atoms with Gasteiger partial charge in [0, 0.05) is 0 Å². The van der Waals surface area contributed by atoms with E-state index in [0.717, 1.165) is 25.7 Å². The standard InChI is InChI=1S/C7H15N2O2S.C6H5.Ru/c1-12(10,11)9-7-5-3-2-4-6(7)8;1-2-4-6-5-3-1;/h6,9H,2-5,8H2,1H3;1-5H;. The molecule has 4 nitrogen and oxygen atoms in total. The Kier molecular flexibility index (Phi) is 4.77. The molecule has 0 aliphatic heterocycles. The van der Waals surface area contributed by atoms with Gasteiger partial charge in [-0.25, -0.2) is 0 Å². The van der Waals surface area contributed by atoms with Gasteiger partial charge < -0.3 is 0 Å². The van der Waals surface area contributed by atoms with Crippen LogP contribution in [0.25, 0.3) is 0 Å². The number of rotatable bonds is 4. The molecule has 1 fully saturated rings. The molecule has 0 amide bonds. The topological polar surface area (TPSA) is 72.2 Å². The van der Waals surface area contributed by atoms with Crippen LogP contribution >= 0.6 is 0 Å². The van der Waals surface area contributed by atoms with Crippen molar-refractivity contribution >= 4 is 14.2 Å². The van der Waals surface area contributed by atoms with Crippen molar-refractivity contribution in [2.45, 2.75) is 35.9 Å². The minimum atomic E-state index is -3.24. The van der Waals surface area contributed by atoms with Crippen LogP contribution < -0.4 is 14.6 Å². The Morgan fingerprint density at radius 3 is 2.58 bits per heavy atom. The van der Waals surface area contributed by atoms with Crippen molar-refractivity contribution in [3.8, 4) is 0 Å². The van der Waals surface area contributed by atoms with Gasteiger partial charge in [0.05, 0.1) is 0 Å². The first-order chi connectivity index (χ1) is 8.91. The van der Waals surface area contributed by atoms with Crippen LogP contribution in [0.15, 0.2) is 30.3 Å². The monoisotopic (exact) mass is 370 g/mol. The van der Waals surface area contributed by atoms with E-state index in [2.05, 4.69) is 16.9 Å². The molecule has 0 saturated heterocycles. The number of benzene rings is 1. The molecule has 1 aliphatic rings. The van der Waals surface area contributed by atoms with Crippen LogP contribution in [0.4, 0.5) is 0 Å². The van der Waals surface area contributed by atoms with Crippen LogP contribution in [0, 0.1) is 0 Å². The van der Waals surface area contributed by atoms with Crippen LogP contribution in [0.3, 0.4) is 0 Å². The third-order valence-electron chi connectivity index (χ3n) is 3.22. The van der Waals surface area contributed by atoms with Gasteiger partial charge in [0.2, 0.25) is 0 Å². The Labute approximate surface area is 122 Å². The van der Waals surface area contributed by atoms with Crippen LogP contribution in [-0.4, -0.2) is 24.8 Å². The van der Waals surface area contributed by atoms with E-state index in [4.69, 9.17) is 5.73 Å². The number of nitrogens with two attached hydrogens (primary N) is 1. The number of nitrogens with one attached hydrogen (secondary N) is 1. The third-order valence-corrected chi connectivity index (χ3v) is 7.39. The predicted molar refractivity (Wildman–Crippen MR) is 73.2 cm³/mol. The predicted octanol–water partition coefficient (Wildman–Crippen LogP) is 0.541. The zero-order valence-corrected chi connectivity index (χ0v) is 13.5. The van der Waals surface area contributed by atoms with E-state index in [1.165, 1.54) is 10.4 Å². The average Bonchev–Trinajstić information content (AvgIpc) is 2.32. The van der Waals surface area contributed by atoms with Gasteiger partial charge in [-0.3, -0.25) is 0 Å². The molecule has 3 N–H and O–H groups in total. The maximum absolute atomic E-state index is 11.7. The Bertz CT molecular complexity index is 521. The summed E-state index contributed by atoms with van der Waals surface area (Å²) in [5.74, 6) is 0. The zero-order valence-electron chi connectivity index (χ0n) is 10.9. The molecule has 2 atom stereocenters. The average molecular weight is 369 g/mol. The Hall–Kier alpha value is -0.287. The van der Waals surface area contributed by atoms with E-state index in [9.17, 15) is 8.42 Å². The molecule has 6 heteroatoms. The molecule has 0 heterocycles. The SMILES string of the molecule is CS(=O)(=O)N[C]1([Ru][c]2ccccc2)CCCCC1N. The first-order valence-electron chi connectivity index (χ1n) is 6.34. The van der Waals surface area contributed by atoms with Crippen molar-refractivity contribution in [3.05, 3.63) is 30.3 Å². The van der Waals surface area contributed by atoms with E-state index >= 15 is 0 Å². The quantitative estimate of drug-likeness (QED) is 0.761. The van der Waals surface area contributed by atoms with Gasteiger partial charge in [0.25, 0.3) is 0 Å². The van der Waals surface area contributed by atoms with E-state index in [1.54, 1.807) is 0 Å². The van der Waals surface area contributed by atoms with Crippen LogP contribution in [0.1, 0.15) is 25.7 Å². The van der Waals surface area contributed by atoms with E-state index < -0.39 is 14.2 Å². The molecule has 0 bridgehead atoms. The first-order valence-corrected chi connectivity index (χ1v) is 9.97. The summed E-state index contributed by atoms with van der Waals surface area (Å²) in [4.78, 5) is 0. The summed E-state index contributed by atoms with van der Waals surface area (Å²) in [6.07, 6.45) is 5.08. The van der Waals surface area contributed by atoms with Crippen molar-refractivity contribution in [1.29, 1.82) is 0 Å². The minimum absolute atomic E-state index is 0.0885. The van der Waals surface area contributed by atoms with Crippen LogP contribution in [0.2, 0.25) is 0 Å². The summed E-state index contributed by atoms with van der Waals surface area (Å²) in [5, 5.41) is 0. The van der Waals surface area contributed by atoms with Gasteiger partial charge in [0.1, 0.15) is 0 Å². The number of hydrogen-bond donors (Lipinski definition) is 2. The molecule has 0 aromatic heterocycles. The summed E-state index contributed by atoms with van der Waals surface area (Å²) in [6.45, 7) is 0. The fraction of sp³-hybridized carbons (Fsp3) is 0.538. The van der Waals surface area contributed by atoms with Crippen molar-refractivity contribution in [1.82, 2.24) is 4.72 Å². The third kappa shape index (κ3) is 4.09. The van der Waals surface area contributed by atoms with Gasteiger partial charge in [-0.1, -0.05) is 0 Å². The fourth-order valence-corrected chi connectivity index (χ4v) is 7.11. The summed E-state index contributed by atoms with van der Waals surface area (Å²) in [6, 6.07) is 9.99. The molecule has 2 unspecified atom stereocenters. The second-order valence-corrected chi connectivity index (χ2v) is 9.67. The van der Waals surface area contributed by atoms with Crippen molar-refractivity contribution in [2.24, 2.45) is 5.73 Å². The molecule has 1 aliphatic carbocycles. The second-order valence-electron chi connectivity index (χ2n) is 4.94. The number of sulfonamides is 1. The maximum atomic E-state index is 11.7. The van der Waals surface area contributed by atoms with Gasteiger partial charge in [-0.2, -0.15) is 0 Å². The summed E-state index contributed by atoms with van der Waals surface area (Å²) >= 11 is -0.292. The Balaban J connectivity index is 2.28. The van der Waals surface area contributed by atoms with Crippen molar-refractivity contribution in [3.63, 3.8) is 0 Å². The molecular weight excluding hydrogens is 349 g/mol. The molecule has 0 spiro atoms. The van der Waals surface area contributed by atoms with Gasteiger partial charge >= 0.3 is 123 Å². The Morgan fingerprint density at radius 1 is 1.32 bits per heavy atom. The molecule has 108 valence electrons. The summed E-state index contributed by atoms with van der Waals surface area (Å²) < 4.78 is 27.0. The molecule has 2 rings (SSSR count). The van der Waals surface area contributed by atoms with Gasteiger partial charge in [0.15, 0.2) is 0 Å². The van der Waals surface area contributed by atoms with Crippen molar-refractivity contribution in [2.75, 3.05) is 6.26 Å². The molecule has 1 saturated carbocycles. The fourth-order valence-electron chi connectivity index (χ4n) is 2.36. The molecule has 0 radical (unpaired) electrons. The van der Waals surface area contributed by atoms with Crippen LogP contribution in [-0.2, 0) is 27.1 Å². The molecular formula is C13H20N2O2RuS.